The van der Waals surface area contributed by atoms with E-state index in [1.54, 1.807) is 0 Å². The summed E-state index contributed by atoms with van der Waals surface area (Å²) in [5.74, 6) is 0. The first-order valence-corrected chi connectivity index (χ1v) is 2.86. The zero-order valence-electron chi connectivity index (χ0n) is 3.41. The van der Waals surface area contributed by atoms with E-state index in [-0.39, 0.29) is 5.17 Å². The Labute approximate surface area is 55.0 Å². The van der Waals surface area contributed by atoms with Crippen LogP contribution in [0.4, 0.5) is 0 Å². The molecular weight excluding hydrogens is 179 g/mol. The van der Waals surface area contributed by atoms with Crippen LogP contribution in [0.2, 0.25) is 0 Å². The summed E-state index contributed by atoms with van der Waals surface area (Å²) < 4.78 is 0. The van der Waals surface area contributed by atoms with E-state index in [1.807, 2.05) is 0 Å². The van der Waals surface area contributed by atoms with Gasteiger partial charge in [-0.3, -0.25) is 5.41 Å². The van der Waals surface area contributed by atoms with Gasteiger partial charge in [-0.05, 0) is 0 Å². The van der Waals surface area contributed by atoms with Gasteiger partial charge >= 0.3 is 0 Å². The molecule has 0 bridgehead atoms. The number of alkyl halides is 1. The largest absolute Gasteiger partial charge is 0.311 e. The van der Waals surface area contributed by atoms with E-state index in [0.29, 0.717) is 0 Å². The van der Waals surface area contributed by atoms with Gasteiger partial charge in [-0.1, -0.05) is 27.5 Å². The summed E-state index contributed by atoms with van der Waals surface area (Å²) in [6.07, 6.45) is 1.05. The minimum absolute atomic E-state index is 0.0602. The van der Waals surface area contributed by atoms with E-state index in [4.69, 9.17) is 22.4 Å². The molecule has 1 atom stereocenters. The average molecular weight is 183 g/mol. The van der Waals surface area contributed by atoms with Crippen molar-refractivity contribution in [1.82, 2.24) is 0 Å². The summed E-state index contributed by atoms with van der Waals surface area (Å²) in [6.45, 7) is 0. The summed E-state index contributed by atoms with van der Waals surface area (Å²) in [6, 6.07) is 0. The molecule has 0 radical (unpaired) electrons. The van der Waals surface area contributed by atoms with Crippen molar-refractivity contribution in [2.24, 2.45) is 0 Å². The molecule has 1 unspecified atom stereocenters. The number of hydrogen-bond acceptors (Lipinski definition) is 2. The van der Waals surface area contributed by atoms with E-state index in [1.165, 1.54) is 0 Å². The van der Waals surface area contributed by atoms with Crippen LogP contribution < -0.4 is 0 Å². The monoisotopic (exact) mass is 182 g/mol. The maximum absolute atomic E-state index is 6.67. The summed E-state index contributed by atoms with van der Waals surface area (Å²) in [5.41, 5.74) is 0. The lowest BCUT2D eigenvalue weighted by molar-refractivity contribution is 1.46. The van der Waals surface area contributed by atoms with Crippen molar-refractivity contribution in [1.29, 1.82) is 10.8 Å². The van der Waals surface area contributed by atoms with Crippen molar-refractivity contribution in [3.8, 4) is 0 Å². The van der Waals surface area contributed by atoms with Gasteiger partial charge in [0.15, 0.2) is 0 Å². The Morgan fingerprint density at radius 3 is 2.29 bits per heavy atom. The molecule has 0 spiro atoms. The van der Waals surface area contributed by atoms with Gasteiger partial charge in [0.1, 0.15) is 10.00 Å². The van der Waals surface area contributed by atoms with Crippen molar-refractivity contribution in [2.75, 3.05) is 0 Å². The first-order chi connectivity index (χ1) is 3.18. The van der Waals surface area contributed by atoms with Gasteiger partial charge in [0.2, 0.25) is 0 Å². The Morgan fingerprint density at radius 1 is 1.86 bits per heavy atom. The predicted octanol–water partition coefficient (Wildman–Crippen LogP) is 1.62. The summed E-state index contributed by atoms with van der Waals surface area (Å²) in [4.78, 5) is -0.394. The molecule has 0 rings (SSSR count). The van der Waals surface area contributed by atoms with Crippen LogP contribution >= 0.6 is 27.5 Å². The number of nitrogens with one attached hydrogen (secondary N) is 2. The molecule has 0 amide bonds. The maximum atomic E-state index is 6.67. The highest BCUT2D eigenvalue weighted by Gasteiger charge is 2.00. The van der Waals surface area contributed by atoms with Crippen molar-refractivity contribution in [2.45, 2.75) is 4.83 Å². The normalized spacial score (nSPS) is 12.9. The average Bonchev–Trinajstić information content (AvgIpc) is 1.65. The third-order valence-electron chi connectivity index (χ3n) is 0.388. The molecule has 0 aliphatic rings. The lowest BCUT2D eigenvalue weighted by Gasteiger charge is -1.91. The molecular formula is C3H4BrClN2. The van der Waals surface area contributed by atoms with Crippen LogP contribution in [0.1, 0.15) is 0 Å². The van der Waals surface area contributed by atoms with E-state index < -0.39 is 4.83 Å². The van der Waals surface area contributed by atoms with Crippen LogP contribution in [0.25, 0.3) is 0 Å². The number of hydrogen-bond donors (Lipinski definition) is 2. The maximum Gasteiger partial charge on any atom is 0.116 e. The minimum Gasteiger partial charge on any atom is -0.311 e. The Morgan fingerprint density at radius 2 is 2.29 bits per heavy atom. The third-order valence-corrected chi connectivity index (χ3v) is 1.61. The third kappa shape index (κ3) is 2.76. The lowest BCUT2D eigenvalue weighted by Crippen LogP contribution is -2.05. The quantitative estimate of drug-likeness (QED) is 0.483. The van der Waals surface area contributed by atoms with Crippen LogP contribution in [-0.2, 0) is 0 Å². The smallest absolute Gasteiger partial charge is 0.116 e. The fourth-order valence-corrected chi connectivity index (χ4v) is 0.136. The molecule has 0 aliphatic carbocycles. The van der Waals surface area contributed by atoms with Gasteiger partial charge in [-0.2, -0.15) is 0 Å². The van der Waals surface area contributed by atoms with Gasteiger partial charge < -0.3 is 5.41 Å². The van der Waals surface area contributed by atoms with Crippen LogP contribution in [0.5, 0.6) is 0 Å². The van der Waals surface area contributed by atoms with Crippen molar-refractivity contribution in [3.05, 3.63) is 0 Å². The standard InChI is InChI=1S/C3H4BrClN2/c4-2(1-6)3(5)7/h1-2,6-7H. The highest BCUT2D eigenvalue weighted by molar-refractivity contribution is 9.10. The Bertz CT molecular complexity index is 92.9. The van der Waals surface area contributed by atoms with Crippen LogP contribution in [0, 0.1) is 10.8 Å². The second-order valence-electron chi connectivity index (χ2n) is 0.916. The molecule has 2 nitrogen and oxygen atoms in total. The van der Waals surface area contributed by atoms with Gasteiger partial charge in [-0.15, -0.1) is 0 Å². The Balaban J connectivity index is 3.55. The van der Waals surface area contributed by atoms with Crippen LogP contribution in [-0.4, -0.2) is 16.2 Å². The zero-order chi connectivity index (χ0) is 5.86. The molecule has 0 heterocycles. The predicted molar refractivity (Wildman–Crippen MR) is 35.1 cm³/mol. The van der Waals surface area contributed by atoms with E-state index in [9.17, 15) is 0 Å². The topological polar surface area (TPSA) is 47.7 Å². The second kappa shape index (κ2) is 3.16. The van der Waals surface area contributed by atoms with Crippen molar-refractivity contribution in [3.63, 3.8) is 0 Å². The molecule has 0 fully saturated rings. The Kier molecular flexibility index (Phi) is 3.21. The van der Waals surface area contributed by atoms with Gasteiger partial charge in [0, 0.05) is 6.21 Å². The minimum atomic E-state index is -0.394. The molecule has 40 valence electrons. The lowest BCUT2D eigenvalue weighted by atomic mass is 10.5. The Hall–Kier alpha value is 0.110. The highest BCUT2D eigenvalue weighted by atomic mass is 79.9. The van der Waals surface area contributed by atoms with Gasteiger partial charge in [-0.25, -0.2) is 0 Å². The van der Waals surface area contributed by atoms with Crippen molar-refractivity contribution >= 4 is 38.9 Å². The van der Waals surface area contributed by atoms with E-state index in [2.05, 4.69) is 15.9 Å². The molecule has 0 aliphatic heterocycles. The zero-order valence-corrected chi connectivity index (χ0v) is 5.75. The molecule has 0 aromatic carbocycles. The van der Waals surface area contributed by atoms with E-state index >= 15 is 0 Å². The highest BCUT2D eigenvalue weighted by Crippen LogP contribution is 1.99. The number of rotatable bonds is 2. The van der Waals surface area contributed by atoms with Gasteiger partial charge in [0.25, 0.3) is 0 Å². The fourth-order valence-electron chi connectivity index (χ4n) is 0.0732. The first kappa shape index (κ1) is 7.11. The molecule has 2 N–H and O–H groups in total. The molecule has 4 heteroatoms. The van der Waals surface area contributed by atoms with Gasteiger partial charge in [0.05, 0.1) is 0 Å². The second-order valence-corrected chi connectivity index (χ2v) is 2.31. The van der Waals surface area contributed by atoms with Crippen LogP contribution in [0.3, 0.4) is 0 Å². The molecule has 0 aromatic heterocycles. The summed E-state index contributed by atoms with van der Waals surface area (Å²) in [7, 11) is 0. The van der Waals surface area contributed by atoms with Crippen LogP contribution in [0.15, 0.2) is 0 Å². The van der Waals surface area contributed by atoms with E-state index in [0.717, 1.165) is 6.21 Å². The number of halogens is 2. The summed E-state index contributed by atoms with van der Waals surface area (Å²) >= 11 is 8.06. The molecule has 0 saturated heterocycles. The van der Waals surface area contributed by atoms with Crippen molar-refractivity contribution < 1.29 is 0 Å². The fraction of sp³-hybridized carbons (Fsp3) is 0.333. The molecule has 0 aromatic rings. The molecule has 0 saturated carbocycles. The summed E-state index contributed by atoms with van der Waals surface area (Å²) in [5, 5.41) is 13.1. The SMILES string of the molecule is N=CC(Br)C(=N)Cl. The molecule has 7 heavy (non-hydrogen) atoms. The first-order valence-electron chi connectivity index (χ1n) is 1.57.